The van der Waals surface area contributed by atoms with Crippen molar-refractivity contribution in [2.75, 3.05) is 63.4 Å². The second kappa shape index (κ2) is 22.3. The molecule has 54 heavy (non-hydrogen) atoms. The van der Waals surface area contributed by atoms with Gasteiger partial charge in [-0.25, -0.2) is 4.98 Å². The Morgan fingerprint density at radius 2 is 1.19 bits per heavy atom. The zero-order valence-corrected chi connectivity index (χ0v) is 30.9. The van der Waals surface area contributed by atoms with Crippen LogP contribution in [-0.4, -0.2) is 57.7 Å². The molecule has 278 valence electrons. The molecule has 0 aliphatic carbocycles. The molecule has 1 heterocycles. The molecule has 0 atom stereocenters. The summed E-state index contributed by atoms with van der Waals surface area (Å²) in [6.07, 6.45) is 1.40. The van der Waals surface area contributed by atoms with E-state index in [2.05, 4.69) is 37.2 Å². The first-order valence-corrected chi connectivity index (χ1v) is 18.1. The third-order valence-corrected chi connectivity index (χ3v) is 8.05. The second-order valence-corrected chi connectivity index (χ2v) is 12.2. The molecule has 0 spiro atoms. The number of para-hydroxylation sites is 2. The number of halogens is 1. The Hall–Kier alpha value is -5.87. The molecule has 0 aliphatic heterocycles. The van der Waals surface area contributed by atoms with Gasteiger partial charge in [0.2, 0.25) is 0 Å². The molecule has 2 N–H and O–H groups in total. The summed E-state index contributed by atoms with van der Waals surface area (Å²) in [7, 11) is 0. The number of benzene rings is 4. The van der Waals surface area contributed by atoms with Gasteiger partial charge in [0.25, 0.3) is 0 Å². The number of nitrogens with zero attached hydrogens (tertiary/aromatic N) is 6. The number of nitriles is 1. The highest BCUT2D eigenvalue weighted by Crippen LogP contribution is 2.37. The van der Waals surface area contributed by atoms with Crippen molar-refractivity contribution in [3.05, 3.63) is 125 Å². The largest absolute Gasteiger partial charge is 0.491 e. The number of hydrogen-bond donors (Lipinski definition) is 2. The summed E-state index contributed by atoms with van der Waals surface area (Å²) in [5, 5.41) is 34.7. The Morgan fingerprint density at radius 3 is 1.76 bits per heavy atom. The van der Waals surface area contributed by atoms with Crippen molar-refractivity contribution < 1.29 is 18.9 Å². The predicted molar refractivity (Wildman–Crippen MR) is 212 cm³/mol. The average molecular weight is 747 g/mol. The first-order chi connectivity index (χ1) is 26.6. The molecular weight excluding hydrogens is 704 g/mol. The van der Waals surface area contributed by atoms with Gasteiger partial charge in [0, 0.05) is 31.9 Å². The van der Waals surface area contributed by atoms with Crippen LogP contribution in [0.25, 0.3) is 0 Å². The van der Waals surface area contributed by atoms with Crippen molar-refractivity contribution in [2.45, 2.75) is 19.8 Å². The van der Waals surface area contributed by atoms with E-state index in [0.29, 0.717) is 110 Å². The highest BCUT2D eigenvalue weighted by atomic mass is 35.5. The fraction of sp³-hybridized carbons (Fsp3) is 0.268. The van der Waals surface area contributed by atoms with E-state index in [-0.39, 0.29) is 0 Å². The predicted octanol–water partition coefficient (Wildman–Crippen LogP) is 10.5. The lowest BCUT2D eigenvalue weighted by molar-refractivity contribution is 0.0999. The smallest absolute Gasteiger partial charge is 0.156 e. The van der Waals surface area contributed by atoms with E-state index in [1.54, 1.807) is 18.2 Å². The lowest BCUT2D eigenvalue weighted by Gasteiger charge is -2.16. The summed E-state index contributed by atoms with van der Waals surface area (Å²) < 4.78 is 22.9. The quantitative estimate of drug-likeness (QED) is 0.0525. The highest BCUT2D eigenvalue weighted by Gasteiger charge is 2.17. The normalized spacial score (nSPS) is 11.1. The van der Waals surface area contributed by atoms with Gasteiger partial charge in [0.1, 0.15) is 48.0 Å². The number of azo groups is 2. The maximum atomic E-state index is 10.2. The summed E-state index contributed by atoms with van der Waals surface area (Å²) in [5.74, 6) is 2.54. The number of ether oxygens (including phenoxy) is 4. The topological polar surface area (TPSA) is 147 Å². The lowest BCUT2D eigenvalue weighted by atomic mass is 10.1. The van der Waals surface area contributed by atoms with Crippen LogP contribution in [0.15, 0.2) is 130 Å². The van der Waals surface area contributed by atoms with Gasteiger partial charge >= 0.3 is 0 Å². The highest BCUT2D eigenvalue weighted by molar-refractivity contribution is 6.33. The first kappa shape index (κ1) is 39.3. The molecule has 0 saturated heterocycles. The third kappa shape index (κ3) is 13.0. The summed E-state index contributed by atoms with van der Waals surface area (Å²) in [6, 6.07) is 36.1. The molecule has 5 aromatic rings. The van der Waals surface area contributed by atoms with Crippen LogP contribution >= 0.6 is 11.6 Å². The van der Waals surface area contributed by atoms with Crippen molar-refractivity contribution in [2.24, 2.45) is 20.5 Å². The Kier molecular flexibility index (Phi) is 16.2. The second-order valence-electron chi connectivity index (χ2n) is 11.7. The zero-order valence-electron chi connectivity index (χ0n) is 30.2. The fourth-order valence-electron chi connectivity index (χ4n) is 4.99. The van der Waals surface area contributed by atoms with Crippen molar-refractivity contribution in [1.29, 1.82) is 5.26 Å². The standard InChI is InChI=1S/C41H43ClN8O4/c1-31-36(30-43)40(44-21-11-23-51-25-27-53-34-15-7-3-8-16-34)46-41(45-22-12-24-52-26-28-54-35-17-9-4-10-18-35)39(31)50-49-38-20-19-33(29-37(38)42)48-47-32-13-5-2-6-14-32/h2-10,13-20,29H,11-12,21-28H2,1H3,(H2,44,45,46). The van der Waals surface area contributed by atoms with Gasteiger partial charge in [-0.1, -0.05) is 66.2 Å². The van der Waals surface area contributed by atoms with Gasteiger partial charge in [0.15, 0.2) is 5.82 Å². The van der Waals surface area contributed by atoms with Crippen LogP contribution in [0.3, 0.4) is 0 Å². The number of anilines is 2. The van der Waals surface area contributed by atoms with Crippen LogP contribution in [-0.2, 0) is 9.47 Å². The molecule has 0 amide bonds. The molecule has 0 fully saturated rings. The van der Waals surface area contributed by atoms with E-state index in [1.165, 1.54) is 0 Å². The molecule has 1 aromatic heterocycles. The molecule has 0 radical (unpaired) electrons. The number of hydrogen-bond acceptors (Lipinski definition) is 12. The molecule has 12 nitrogen and oxygen atoms in total. The minimum absolute atomic E-state index is 0.351. The maximum Gasteiger partial charge on any atom is 0.156 e. The van der Waals surface area contributed by atoms with Crippen molar-refractivity contribution in [1.82, 2.24) is 4.98 Å². The third-order valence-electron chi connectivity index (χ3n) is 7.75. The van der Waals surface area contributed by atoms with E-state index in [1.807, 2.05) is 97.9 Å². The van der Waals surface area contributed by atoms with E-state index in [9.17, 15) is 5.26 Å². The number of rotatable bonds is 22. The van der Waals surface area contributed by atoms with E-state index < -0.39 is 0 Å². The lowest BCUT2D eigenvalue weighted by Crippen LogP contribution is -2.14. The first-order valence-electron chi connectivity index (χ1n) is 17.7. The number of pyridine rings is 1. The minimum atomic E-state index is 0.351. The summed E-state index contributed by atoms with van der Waals surface area (Å²) >= 11 is 6.58. The molecule has 0 saturated carbocycles. The molecule has 13 heteroatoms. The maximum absolute atomic E-state index is 10.2. The van der Waals surface area contributed by atoms with E-state index in [4.69, 9.17) is 35.5 Å². The van der Waals surface area contributed by atoms with E-state index in [0.717, 1.165) is 17.2 Å². The van der Waals surface area contributed by atoms with Gasteiger partial charge in [-0.05, 0) is 74.4 Å². The number of nitrogens with one attached hydrogen (secondary N) is 2. The summed E-state index contributed by atoms with van der Waals surface area (Å²) in [5.41, 5.74) is 3.16. The Morgan fingerprint density at radius 1 is 0.630 bits per heavy atom. The van der Waals surface area contributed by atoms with Crippen molar-refractivity contribution in [3.8, 4) is 17.6 Å². The summed E-state index contributed by atoms with van der Waals surface area (Å²) in [6.45, 7) is 5.80. The van der Waals surface area contributed by atoms with Gasteiger partial charge in [-0.3, -0.25) is 0 Å². The van der Waals surface area contributed by atoms with Crippen LogP contribution in [0.4, 0.5) is 34.4 Å². The zero-order chi connectivity index (χ0) is 37.6. The van der Waals surface area contributed by atoms with Gasteiger partial charge in [-0.15, -0.1) is 10.2 Å². The molecule has 0 bridgehead atoms. The van der Waals surface area contributed by atoms with E-state index >= 15 is 0 Å². The Labute approximate surface area is 320 Å². The van der Waals surface area contributed by atoms with Crippen LogP contribution in [0.1, 0.15) is 24.0 Å². The average Bonchev–Trinajstić information content (AvgIpc) is 3.20. The van der Waals surface area contributed by atoms with Crippen LogP contribution < -0.4 is 20.1 Å². The monoisotopic (exact) mass is 746 g/mol. The summed E-state index contributed by atoms with van der Waals surface area (Å²) in [4.78, 5) is 4.79. The molecular formula is C41H43ClN8O4. The Balaban J connectivity index is 1.20. The molecule has 0 aliphatic rings. The van der Waals surface area contributed by atoms with Gasteiger partial charge < -0.3 is 29.6 Å². The molecule has 0 unspecified atom stereocenters. The Bertz CT molecular complexity index is 1980. The van der Waals surface area contributed by atoms with Gasteiger partial charge in [0.05, 0.1) is 35.2 Å². The molecule has 4 aromatic carbocycles. The number of aromatic nitrogens is 1. The SMILES string of the molecule is Cc1c(C#N)c(NCCCOCCOc2ccccc2)nc(NCCCOCCOc2ccccc2)c1N=Nc1ccc(N=Nc2ccccc2)cc1Cl. The van der Waals surface area contributed by atoms with Gasteiger partial charge in [-0.2, -0.15) is 15.5 Å². The molecule has 5 rings (SSSR count). The van der Waals surface area contributed by atoms with Crippen LogP contribution in [0.2, 0.25) is 5.02 Å². The van der Waals surface area contributed by atoms with Crippen molar-refractivity contribution >= 4 is 46.0 Å². The van der Waals surface area contributed by atoms with Crippen LogP contribution in [0, 0.1) is 18.3 Å². The van der Waals surface area contributed by atoms with Crippen molar-refractivity contribution in [3.63, 3.8) is 0 Å². The van der Waals surface area contributed by atoms with Crippen LogP contribution in [0.5, 0.6) is 11.5 Å². The minimum Gasteiger partial charge on any atom is -0.491 e. The fourth-order valence-corrected chi connectivity index (χ4v) is 5.21.